The quantitative estimate of drug-likeness (QED) is 0.703. The van der Waals surface area contributed by atoms with Crippen LogP contribution in [0.25, 0.3) is 0 Å². The van der Waals surface area contributed by atoms with Crippen molar-refractivity contribution in [1.29, 1.82) is 0 Å². The van der Waals surface area contributed by atoms with E-state index in [4.69, 9.17) is 0 Å². The van der Waals surface area contributed by atoms with Crippen molar-refractivity contribution >= 4 is 28.2 Å². The van der Waals surface area contributed by atoms with E-state index in [0.29, 0.717) is 0 Å². The van der Waals surface area contributed by atoms with Crippen molar-refractivity contribution in [2.45, 2.75) is 37.1 Å². The van der Waals surface area contributed by atoms with Crippen LogP contribution < -0.4 is 10.6 Å². The highest BCUT2D eigenvalue weighted by Gasteiger charge is 2.22. The first-order chi connectivity index (χ1) is 12.5. The lowest BCUT2D eigenvalue weighted by atomic mass is 9.87. The molecular formula is C19H29ClN4O3S. The summed E-state index contributed by atoms with van der Waals surface area (Å²) in [6, 6.07) is 6.36. The van der Waals surface area contributed by atoms with Crippen LogP contribution in [0.4, 0.5) is 0 Å². The zero-order chi connectivity index (χ0) is 20.2. The molecule has 1 unspecified atom stereocenters. The third kappa shape index (κ3) is 6.05. The lowest BCUT2D eigenvalue weighted by molar-refractivity contribution is -0.123. The first-order valence-electron chi connectivity index (χ1n) is 8.81. The summed E-state index contributed by atoms with van der Waals surface area (Å²) >= 11 is 0. The summed E-state index contributed by atoms with van der Waals surface area (Å²) in [4.78, 5) is 12.6. The predicted molar refractivity (Wildman–Crippen MR) is 112 cm³/mol. The average Bonchev–Trinajstić information content (AvgIpc) is 3.01. The van der Waals surface area contributed by atoms with Gasteiger partial charge in [-0.1, -0.05) is 32.9 Å². The molecule has 2 N–H and O–H groups in total. The van der Waals surface area contributed by atoms with Gasteiger partial charge >= 0.3 is 0 Å². The molecule has 1 heterocycles. The predicted octanol–water partition coefficient (Wildman–Crippen LogP) is 1.99. The van der Waals surface area contributed by atoms with Gasteiger partial charge in [-0.15, -0.1) is 12.4 Å². The number of sulfone groups is 1. The molecule has 28 heavy (non-hydrogen) atoms. The number of amides is 1. The molecule has 0 aliphatic carbocycles. The molecule has 2 rings (SSSR count). The van der Waals surface area contributed by atoms with E-state index in [1.54, 1.807) is 43.3 Å². The van der Waals surface area contributed by atoms with E-state index in [-0.39, 0.29) is 40.9 Å². The standard InChI is InChI=1S/C19H28N4O3S.ClH/c1-19(2,3)15-6-8-16(9-7-15)27(25,26)11-10-21-18(24)17(20-4)14-12-22-23(5)13-14;/h6-9,12-13,17,20H,10-11H2,1-5H3,(H,21,24);1H. The van der Waals surface area contributed by atoms with Gasteiger partial charge in [-0.25, -0.2) is 8.42 Å². The molecule has 0 aliphatic rings. The molecule has 1 aromatic carbocycles. The van der Waals surface area contributed by atoms with E-state index in [0.717, 1.165) is 11.1 Å². The number of likely N-dealkylation sites (N-methyl/N-ethyl adjacent to an activating group) is 1. The van der Waals surface area contributed by atoms with Gasteiger partial charge in [0.25, 0.3) is 0 Å². The van der Waals surface area contributed by atoms with E-state index in [2.05, 4.69) is 36.5 Å². The molecule has 0 spiro atoms. The molecule has 1 atom stereocenters. The van der Waals surface area contributed by atoms with Crippen molar-refractivity contribution in [2.75, 3.05) is 19.3 Å². The Kier molecular flexibility index (Phi) is 8.22. The molecule has 156 valence electrons. The lowest BCUT2D eigenvalue weighted by Gasteiger charge is -2.19. The maximum atomic E-state index is 12.5. The molecular weight excluding hydrogens is 400 g/mol. The lowest BCUT2D eigenvalue weighted by Crippen LogP contribution is -2.38. The van der Waals surface area contributed by atoms with Crippen molar-refractivity contribution in [3.63, 3.8) is 0 Å². The normalized spacial score (nSPS) is 12.9. The number of carbonyl (C=O) groups is 1. The van der Waals surface area contributed by atoms with Crippen LogP contribution in [0, 0.1) is 0 Å². The van der Waals surface area contributed by atoms with E-state index in [1.165, 1.54) is 0 Å². The Bertz CT molecular complexity index is 887. The molecule has 1 amide bonds. The van der Waals surface area contributed by atoms with Gasteiger partial charge in [0.15, 0.2) is 9.84 Å². The Hall–Kier alpha value is -1.90. The van der Waals surface area contributed by atoms with Gasteiger partial charge in [-0.3, -0.25) is 9.48 Å². The van der Waals surface area contributed by atoms with Crippen LogP contribution in [-0.2, 0) is 27.1 Å². The number of nitrogens with zero attached hydrogens (tertiary/aromatic N) is 2. The van der Waals surface area contributed by atoms with Crippen molar-refractivity contribution in [3.05, 3.63) is 47.8 Å². The third-order valence-corrected chi connectivity index (χ3v) is 6.09. The zero-order valence-corrected chi connectivity index (χ0v) is 18.5. The van der Waals surface area contributed by atoms with E-state index >= 15 is 0 Å². The summed E-state index contributed by atoms with van der Waals surface area (Å²) < 4.78 is 26.6. The van der Waals surface area contributed by atoms with Gasteiger partial charge in [0.2, 0.25) is 5.91 Å². The monoisotopic (exact) mass is 428 g/mol. The second-order valence-electron chi connectivity index (χ2n) is 7.55. The molecule has 1 aromatic heterocycles. The van der Waals surface area contributed by atoms with Crippen LogP contribution in [-0.4, -0.2) is 43.5 Å². The summed E-state index contributed by atoms with van der Waals surface area (Å²) in [5.41, 5.74) is 1.76. The minimum absolute atomic E-state index is 0. The number of rotatable bonds is 7. The van der Waals surface area contributed by atoms with Crippen molar-refractivity contribution in [1.82, 2.24) is 20.4 Å². The van der Waals surface area contributed by atoms with Crippen LogP contribution in [0.2, 0.25) is 0 Å². The van der Waals surface area contributed by atoms with Crippen molar-refractivity contribution in [2.24, 2.45) is 7.05 Å². The Morgan fingerprint density at radius 1 is 1.21 bits per heavy atom. The highest BCUT2D eigenvalue weighted by atomic mass is 35.5. The van der Waals surface area contributed by atoms with Gasteiger partial charge < -0.3 is 10.6 Å². The fourth-order valence-corrected chi connectivity index (χ4v) is 3.89. The number of hydrogen-bond donors (Lipinski definition) is 2. The van der Waals surface area contributed by atoms with Gasteiger partial charge in [0, 0.05) is 25.4 Å². The second-order valence-corrected chi connectivity index (χ2v) is 9.66. The Morgan fingerprint density at radius 3 is 2.29 bits per heavy atom. The smallest absolute Gasteiger partial charge is 0.241 e. The summed E-state index contributed by atoms with van der Waals surface area (Å²) in [6.45, 7) is 6.27. The van der Waals surface area contributed by atoms with Gasteiger partial charge in [-0.05, 0) is 30.2 Å². The first kappa shape index (κ1) is 24.1. The number of aryl methyl sites for hydroxylation is 1. The molecule has 7 nitrogen and oxygen atoms in total. The van der Waals surface area contributed by atoms with Crippen LogP contribution >= 0.6 is 12.4 Å². The Labute approximate surface area is 173 Å². The molecule has 0 radical (unpaired) electrons. The van der Waals surface area contributed by atoms with Crippen LogP contribution in [0.3, 0.4) is 0 Å². The molecule has 2 aromatic rings. The number of hydrogen-bond acceptors (Lipinski definition) is 5. The van der Waals surface area contributed by atoms with Crippen LogP contribution in [0.1, 0.15) is 37.9 Å². The maximum absolute atomic E-state index is 12.5. The maximum Gasteiger partial charge on any atom is 0.241 e. The fraction of sp³-hybridized carbons (Fsp3) is 0.474. The van der Waals surface area contributed by atoms with Crippen LogP contribution in [0.5, 0.6) is 0 Å². The van der Waals surface area contributed by atoms with Crippen molar-refractivity contribution < 1.29 is 13.2 Å². The molecule has 0 saturated carbocycles. The van der Waals surface area contributed by atoms with E-state index in [9.17, 15) is 13.2 Å². The Balaban J connectivity index is 0.00000392. The van der Waals surface area contributed by atoms with Gasteiger partial charge in [-0.2, -0.15) is 5.10 Å². The van der Waals surface area contributed by atoms with Gasteiger partial charge in [0.1, 0.15) is 6.04 Å². The van der Waals surface area contributed by atoms with Gasteiger partial charge in [0.05, 0.1) is 16.8 Å². The second kappa shape index (κ2) is 9.54. The van der Waals surface area contributed by atoms with E-state index < -0.39 is 15.9 Å². The molecule has 0 fully saturated rings. The van der Waals surface area contributed by atoms with Crippen molar-refractivity contribution in [3.8, 4) is 0 Å². The zero-order valence-electron chi connectivity index (χ0n) is 16.9. The summed E-state index contributed by atoms with van der Waals surface area (Å²) in [7, 11) is -0.0219. The molecule has 0 bridgehead atoms. The third-order valence-electron chi connectivity index (χ3n) is 4.36. The summed E-state index contributed by atoms with van der Waals surface area (Å²) in [5.74, 6) is -0.444. The topological polar surface area (TPSA) is 93.1 Å². The Morgan fingerprint density at radius 2 is 1.82 bits per heavy atom. The minimum Gasteiger partial charge on any atom is -0.353 e. The highest BCUT2D eigenvalue weighted by molar-refractivity contribution is 7.91. The average molecular weight is 429 g/mol. The molecule has 0 aliphatic heterocycles. The number of aromatic nitrogens is 2. The SMILES string of the molecule is CNC(C(=O)NCCS(=O)(=O)c1ccc(C(C)(C)C)cc1)c1cnn(C)c1.Cl. The first-order valence-corrected chi connectivity index (χ1v) is 10.5. The number of halogens is 1. The highest BCUT2D eigenvalue weighted by Crippen LogP contribution is 2.23. The number of nitrogens with one attached hydrogen (secondary N) is 2. The number of carbonyl (C=O) groups excluding carboxylic acids is 1. The summed E-state index contributed by atoms with van der Waals surface area (Å²) in [6.07, 6.45) is 3.35. The largest absolute Gasteiger partial charge is 0.353 e. The number of benzene rings is 1. The fourth-order valence-electron chi connectivity index (χ4n) is 2.73. The summed E-state index contributed by atoms with van der Waals surface area (Å²) in [5, 5.41) is 9.65. The minimum atomic E-state index is -3.46. The van der Waals surface area contributed by atoms with Crippen LogP contribution in [0.15, 0.2) is 41.6 Å². The van der Waals surface area contributed by atoms with E-state index in [1.807, 2.05) is 12.1 Å². The molecule has 0 saturated heterocycles. The molecule has 9 heteroatoms.